The van der Waals surface area contributed by atoms with E-state index in [9.17, 15) is 0 Å². The Morgan fingerprint density at radius 2 is 2.18 bits per heavy atom. The normalized spacial score (nSPS) is 10.9. The Morgan fingerprint density at radius 3 is 2.76 bits per heavy atom. The summed E-state index contributed by atoms with van der Waals surface area (Å²) < 4.78 is 5.33. The average Bonchev–Trinajstić information content (AvgIpc) is 2.75. The predicted octanol–water partition coefficient (Wildman–Crippen LogP) is 0.536. The van der Waals surface area contributed by atoms with Crippen LogP contribution in [-0.2, 0) is 0 Å². The summed E-state index contributed by atoms with van der Waals surface area (Å²) in [6.07, 6.45) is 1.61. The smallest absolute Gasteiger partial charge is 0.263 e. The molecule has 7 nitrogen and oxygen atoms in total. The quantitative estimate of drug-likeness (QED) is 0.776. The van der Waals surface area contributed by atoms with Crippen molar-refractivity contribution in [3.05, 3.63) is 29.8 Å². The van der Waals surface area contributed by atoms with E-state index < -0.39 is 0 Å². The van der Waals surface area contributed by atoms with E-state index in [1.165, 1.54) is 0 Å². The molecular formula is C10H12N6O. The van der Waals surface area contributed by atoms with Gasteiger partial charge in [-0.2, -0.15) is 5.10 Å². The molecule has 1 aromatic heterocycles. The van der Waals surface area contributed by atoms with Crippen LogP contribution < -0.4 is 10.5 Å². The first-order valence-corrected chi connectivity index (χ1v) is 5.10. The van der Waals surface area contributed by atoms with Crippen molar-refractivity contribution in [1.82, 2.24) is 20.3 Å². The number of hydrogen-bond donors (Lipinski definition) is 1. The van der Waals surface area contributed by atoms with Crippen LogP contribution in [0.1, 0.15) is 12.5 Å². The van der Waals surface area contributed by atoms with Gasteiger partial charge in [-0.1, -0.05) is 9.89 Å². The highest BCUT2D eigenvalue weighted by Gasteiger charge is 1.97. The average molecular weight is 232 g/mol. The molecule has 7 heteroatoms. The van der Waals surface area contributed by atoms with Crippen molar-refractivity contribution in [2.75, 3.05) is 12.3 Å². The summed E-state index contributed by atoms with van der Waals surface area (Å²) in [4.78, 5) is 1.15. The van der Waals surface area contributed by atoms with Crippen LogP contribution in [0.4, 0.5) is 5.95 Å². The summed E-state index contributed by atoms with van der Waals surface area (Å²) in [5.74, 6) is 0.971. The predicted molar refractivity (Wildman–Crippen MR) is 62.8 cm³/mol. The minimum atomic E-state index is 0.146. The Balaban J connectivity index is 2.09. The van der Waals surface area contributed by atoms with Gasteiger partial charge in [0.15, 0.2) is 0 Å². The second kappa shape index (κ2) is 5.06. The minimum Gasteiger partial charge on any atom is -0.494 e. The van der Waals surface area contributed by atoms with Gasteiger partial charge in [0.1, 0.15) is 5.75 Å². The number of anilines is 1. The Bertz CT molecular complexity index is 504. The molecule has 0 aliphatic heterocycles. The highest BCUT2D eigenvalue weighted by Crippen LogP contribution is 2.10. The molecule has 2 N–H and O–H groups in total. The minimum absolute atomic E-state index is 0.146. The van der Waals surface area contributed by atoms with Gasteiger partial charge in [0.05, 0.1) is 12.8 Å². The van der Waals surface area contributed by atoms with E-state index in [1.54, 1.807) is 6.21 Å². The van der Waals surface area contributed by atoms with Crippen molar-refractivity contribution >= 4 is 12.2 Å². The lowest BCUT2D eigenvalue weighted by molar-refractivity contribution is 0.340. The topological polar surface area (TPSA) is 91.2 Å². The van der Waals surface area contributed by atoms with Crippen LogP contribution in [0.25, 0.3) is 0 Å². The molecule has 0 amide bonds. The Morgan fingerprint density at radius 1 is 1.41 bits per heavy atom. The van der Waals surface area contributed by atoms with Crippen LogP contribution >= 0.6 is 0 Å². The van der Waals surface area contributed by atoms with Gasteiger partial charge in [-0.3, -0.25) is 0 Å². The maximum atomic E-state index is 5.46. The van der Waals surface area contributed by atoms with Crippen molar-refractivity contribution < 1.29 is 4.74 Å². The molecule has 2 aromatic rings. The third-order valence-electron chi connectivity index (χ3n) is 1.98. The molecule has 0 fully saturated rings. The van der Waals surface area contributed by atoms with Gasteiger partial charge in [0.2, 0.25) is 0 Å². The summed E-state index contributed by atoms with van der Waals surface area (Å²) in [6.45, 7) is 2.59. The van der Waals surface area contributed by atoms with Crippen molar-refractivity contribution in [2.24, 2.45) is 5.10 Å². The molecule has 0 radical (unpaired) electrons. The lowest BCUT2D eigenvalue weighted by Gasteiger charge is -2.01. The van der Waals surface area contributed by atoms with Gasteiger partial charge in [0.25, 0.3) is 5.95 Å². The molecule has 0 aliphatic carbocycles. The van der Waals surface area contributed by atoms with Crippen LogP contribution in [0.5, 0.6) is 5.75 Å². The molecule has 0 spiro atoms. The number of hydrogen-bond acceptors (Lipinski definition) is 6. The SMILES string of the molecule is CCOc1ccc(/C=N\n2nnnc2N)cc1. The van der Waals surface area contributed by atoms with Crippen molar-refractivity contribution in [2.45, 2.75) is 6.92 Å². The van der Waals surface area contributed by atoms with Gasteiger partial charge < -0.3 is 10.5 Å². The lowest BCUT2D eigenvalue weighted by Crippen LogP contribution is -1.99. The first-order valence-electron chi connectivity index (χ1n) is 5.10. The second-order valence-corrected chi connectivity index (χ2v) is 3.17. The number of benzene rings is 1. The molecule has 17 heavy (non-hydrogen) atoms. The van der Waals surface area contributed by atoms with Gasteiger partial charge in [0, 0.05) is 0 Å². The zero-order valence-corrected chi connectivity index (χ0v) is 9.32. The molecule has 2 rings (SSSR count). The molecule has 0 bridgehead atoms. The first-order chi connectivity index (χ1) is 8.29. The molecule has 0 saturated carbocycles. The molecule has 0 aliphatic rings. The zero-order valence-electron chi connectivity index (χ0n) is 9.32. The number of nitrogens with two attached hydrogens (primary N) is 1. The third-order valence-corrected chi connectivity index (χ3v) is 1.98. The summed E-state index contributed by atoms with van der Waals surface area (Å²) in [5.41, 5.74) is 6.37. The first kappa shape index (κ1) is 11.1. The fourth-order valence-corrected chi connectivity index (χ4v) is 1.21. The Kier molecular flexibility index (Phi) is 3.29. The highest BCUT2D eigenvalue weighted by atomic mass is 16.5. The van der Waals surface area contributed by atoms with Crippen molar-refractivity contribution in [3.63, 3.8) is 0 Å². The number of tetrazole rings is 1. The van der Waals surface area contributed by atoms with Crippen LogP contribution in [-0.4, -0.2) is 33.1 Å². The molecule has 0 atom stereocenters. The van der Waals surface area contributed by atoms with Crippen molar-refractivity contribution in [1.29, 1.82) is 0 Å². The number of rotatable bonds is 4. The maximum Gasteiger partial charge on any atom is 0.263 e. The highest BCUT2D eigenvalue weighted by molar-refractivity contribution is 5.79. The largest absolute Gasteiger partial charge is 0.494 e. The summed E-state index contributed by atoms with van der Waals surface area (Å²) in [7, 11) is 0. The molecule has 1 aromatic carbocycles. The van der Waals surface area contributed by atoms with Crippen LogP contribution in [0.2, 0.25) is 0 Å². The number of nitrogen functional groups attached to an aromatic ring is 1. The zero-order chi connectivity index (χ0) is 12.1. The summed E-state index contributed by atoms with van der Waals surface area (Å²) in [5, 5.41) is 14.5. The molecule has 0 saturated heterocycles. The van der Waals surface area contributed by atoms with E-state index in [-0.39, 0.29) is 5.95 Å². The lowest BCUT2D eigenvalue weighted by atomic mass is 10.2. The Labute approximate surface area is 97.9 Å². The molecule has 1 heterocycles. The van der Waals surface area contributed by atoms with E-state index in [4.69, 9.17) is 10.5 Å². The number of aromatic nitrogens is 4. The molecule has 88 valence electrons. The van der Waals surface area contributed by atoms with E-state index in [1.807, 2.05) is 31.2 Å². The van der Waals surface area contributed by atoms with E-state index in [2.05, 4.69) is 20.6 Å². The van der Waals surface area contributed by atoms with Crippen molar-refractivity contribution in [3.8, 4) is 5.75 Å². The van der Waals surface area contributed by atoms with E-state index >= 15 is 0 Å². The van der Waals surface area contributed by atoms with E-state index in [0.717, 1.165) is 16.1 Å². The summed E-state index contributed by atoms with van der Waals surface area (Å²) >= 11 is 0. The number of nitrogens with zero attached hydrogens (tertiary/aromatic N) is 5. The monoisotopic (exact) mass is 232 g/mol. The van der Waals surface area contributed by atoms with E-state index in [0.29, 0.717) is 6.61 Å². The fourth-order valence-electron chi connectivity index (χ4n) is 1.21. The van der Waals surface area contributed by atoms with Crippen LogP contribution in [0.15, 0.2) is 29.4 Å². The van der Waals surface area contributed by atoms with Crippen LogP contribution in [0, 0.1) is 0 Å². The van der Waals surface area contributed by atoms with Gasteiger partial charge in [-0.15, -0.1) is 0 Å². The van der Waals surface area contributed by atoms with Crippen LogP contribution in [0.3, 0.4) is 0 Å². The molecular weight excluding hydrogens is 220 g/mol. The third kappa shape index (κ3) is 2.77. The fraction of sp³-hybridized carbons (Fsp3) is 0.200. The standard InChI is InChI=1S/C10H12N6O/c1-2-17-9-5-3-8(4-6-9)7-12-16-10(11)13-14-15-16/h3-7H,2H2,1H3,(H2,11,13,15)/b12-7-. The maximum absolute atomic E-state index is 5.46. The summed E-state index contributed by atoms with van der Waals surface area (Å²) in [6, 6.07) is 7.51. The Hall–Kier alpha value is -2.44. The van der Waals surface area contributed by atoms with Gasteiger partial charge in [-0.25, -0.2) is 0 Å². The second-order valence-electron chi connectivity index (χ2n) is 3.17. The van der Waals surface area contributed by atoms with Gasteiger partial charge in [-0.05, 0) is 47.2 Å². The van der Waals surface area contributed by atoms with Gasteiger partial charge >= 0.3 is 0 Å². The number of ether oxygens (including phenoxy) is 1. The molecule has 0 unspecified atom stereocenters.